The van der Waals surface area contributed by atoms with Gasteiger partial charge in [-0.1, -0.05) is 13.2 Å². The van der Waals surface area contributed by atoms with Crippen molar-refractivity contribution in [3.8, 4) is 0 Å². The van der Waals surface area contributed by atoms with Crippen molar-refractivity contribution in [3.05, 3.63) is 24.8 Å². The lowest BCUT2D eigenvalue weighted by Crippen LogP contribution is -2.04. The monoisotopic (exact) mass is 200 g/mol. The summed E-state index contributed by atoms with van der Waals surface area (Å²) in [5.74, 6) is -1.41. The fourth-order valence-electron chi connectivity index (χ4n) is 0.422. The molecule has 5 heteroatoms. The Labute approximate surface area is 83.1 Å². The van der Waals surface area contributed by atoms with Gasteiger partial charge in [-0.15, -0.1) is 0 Å². The van der Waals surface area contributed by atoms with Gasteiger partial charge in [-0.3, -0.25) is 4.79 Å². The number of carboxylic acids is 1. The van der Waals surface area contributed by atoms with Crippen LogP contribution in [0.25, 0.3) is 0 Å². The molecule has 0 aliphatic heterocycles. The molecule has 0 heterocycles. The van der Waals surface area contributed by atoms with Crippen LogP contribution >= 0.6 is 0 Å². The number of aliphatic carboxylic acids is 1. The average Bonchev–Trinajstić information content (AvgIpc) is 2.14. The molecule has 1 amide bonds. The molecule has 14 heavy (non-hydrogen) atoms. The average molecular weight is 200 g/mol. The van der Waals surface area contributed by atoms with E-state index >= 15 is 0 Å². The Bertz CT molecular complexity index is 224. The molecule has 0 aromatic carbocycles. The molecule has 0 aromatic heterocycles. The highest BCUT2D eigenvalue weighted by Crippen LogP contribution is 1.99. The molecule has 0 aliphatic carbocycles. The fourth-order valence-corrected chi connectivity index (χ4v) is 0.422. The van der Waals surface area contributed by atoms with Crippen LogP contribution in [0, 0.1) is 0 Å². The van der Waals surface area contributed by atoms with Gasteiger partial charge in [0.1, 0.15) is 0 Å². The molecule has 5 N–H and O–H groups in total. The van der Waals surface area contributed by atoms with Crippen LogP contribution in [0.4, 0.5) is 0 Å². The van der Waals surface area contributed by atoms with Gasteiger partial charge in [-0.25, -0.2) is 4.79 Å². The normalized spacial score (nSPS) is 8.07. The number of hydrogen-bond donors (Lipinski definition) is 3. The van der Waals surface area contributed by atoms with E-state index in [2.05, 4.69) is 18.9 Å². The van der Waals surface area contributed by atoms with E-state index in [9.17, 15) is 9.59 Å². The Kier molecular flexibility index (Phi) is 10.1. The van der Waals surface area contributed by atoms with E-state index in [1.165, 1.54) is 0 Å². The minimum Gasteiger partial charge on any atom is -0.478 e. The largest absolute Gasteiger partial charge is 0.478 e. The standard InChI is InChI=1S/C6H11NO2.C3H5NO/c1-5(6(8)9)3-2-4-7;1-2-3(4)5/h1-4,7H2,(H,8,9);2H,1H2,(H2,4,5). The molecular weight excluding hydrogens is 184 g/mol. The highest BCUT2D eigenvalue weighted by Gasteiger charge is 2.00. The quantitative estimate of drug-likeness (QED) is 0.544. The van der Waals surface area contributed by atoms with E-state index in [0.29, 0.717) is 19.4 Å². The number of primary amides is 1. The second-order valence-corrected chi connectivity index (χ2v) is 2.41. The Balaban J connectivity index is 0. The van der Waals surface area contributed by atoms with Crippen LogP contribution in [0.15, 0.2) is 24.8 Å². The number of rotatable bonds is 5. The minimum absolute atomic E-state index is 0.237. The SMILES string of the molecule is C=C(CCCN)C(=O)O.C=CC(N)=O. The zero-order valence-corrected chi connectivity index (χ0v) is 8.03. The molecule has 0 atom stereocenters. The second-order valence-electron chi connectivity index (χ2n) is 2.41. The van der Waals surface area contributed by atoms with E-state index in [1.54, 1.807) is 0 Å². The number of carbonyl (C=O) groups excluding carboxylic acids is 1. The summed E-state index contributed by atoms with van der Waals surface area (Å²) in [6.45, 7) is 6.94. The van der Waals surface area contributed by atoms with E-state index in [0.717, 1.165) is 6.08 Å². The van der Waals surface area contributed by atoms with E-state index in [-0.39, 0.29) is 5.57 Å². The lowest BCUT2D eigenvalue weighted by molar-refractivity contribution is -0.132. The zero-order chi connectivity index (χ0) is 11.6. The van der Waals surface area contributed by atoms with Crippen LogP contribution in [0.5, 0.6) is 0 Å². The number of amides is 1. The molecule has 80 valence electrons. The van der Waals surface area contributed by atoms with Crippen LogP contribution < -0.4 is 11.5 Å². The Morgan fingerprint density at radius 2 is 1.86 bits per heavy atom. The first kappa shape index (κ1) is 14.9. The van der Waals surface area contributed by atoms with Crippen molar-refractivity contribution in [2.45, 2.75) is 12.8 Å². The van der Waals surface area contributed by atoms with Crippen molar-refractivity contribution >= 4 is 11.9 Å². The van der Waals surface area contributed by atoms with Crippen LogP contribution in [0.1, 0.15) is 12.8 Å². The minimum atomic E-state index is -0.927. The maximum absolute atomic E-state index is 10.1. The van der Waals surface area contributed by atoms with Gasteiger partial charge in [0, 0.05) is 5.57 Å². The van der Waals surface area contributed by atoms with Crippen molar-refractivity contribution in [1.82, 2.24) is 0 Å². The smallest absolute Gasteiger partial charge is 0.330 e. The molecule has 0 aliphatic rings. The number of carboxylic acid groups (broad SMARTS) is 1. The molecule has 5 nitrogen and oxygen atoms in total. The van der Waals surface area contributed by atoms with Gasteiger partial charge in [0.05, 0.1) is 0 Å². The molecular formula is C9H16N2O3. The van der Waals surface area contributed by atoms with Gasteiger partial charge in [0.15, 0.2) is 0 Å². The van der Waals surface area contributed by atoms with Crippen molar-refractivity contribution in [3.63, 3.8) is 0 Å². The molecule has 0 saturated heterocycles. The maximum atomic E-state index is 10.1. The second kappa shape index (κ2) is 9.47. The summed E-state index contributed by atoms with van der Waals surface area (Å²) in [5, 5.41) is 8.27. The third-order valence-corrected chi connectivity index (χ3v) is 1.19. The molecule has 0 bridgehead atoms. The first-order chi connectivity index (χ1) is 6.45. The van der Waals surface area contributed by atoms with Gasteiger partial charge >= 0.3 is 5.97 Å². The van der Waals surface area contributed by atoms with Crippen molar-refractivity contribution < 1.29 is 14.7 Å². The first-order valence-corrected chi connectivity index (χ1v) is 3.98. The highest BCUT2D eigenvalue weighted by atomic mass is 16.4. The highest BCUT2D eigenvalue weighted by molar-refractivity contribution is 5.85. The van der Waals surface area contributed by atoms with E-state index in [1.807, 2.05) is 0 Å². The topological polar surface area (TPSA) is 106 Å². The Morgan fingerprint density at radius 3 is 2.07 bits per heavy atom. The van der Waals surface area contributed by atoms with Crippen LogP contribution in [-0.4, -0.2) is 23.5 Å². The lowest BCUT2D eigenvalue weighted by Gasteiger charge is -1.95. The first-order valence-electron chi connectivity index (χ1n) is 3.98. The number of hydrogen-bond acceptors (Lipinski definition) is 3. The summed E-state index contributed by atoms with van der Waals surface area (Å²) < 4.78 is 0. The fraction of sp³-hybridized carbons (Fsp3) is 0.333. The van der Waals surface area contributed by atoms with Gasteiger partial charge in [0.2, 0.25) is 5.91 Å². The van der Waals surface area contributed by atoms with Gasteiger partial charge < -0.3 is 16.6 Å². The molecule has 0 fully saturated rings. The molecule has 0 aromatic rings. The van der Waals surface area contributed by atoms with Gasteiger partial charge in [-0.05, 0) is 25.5 Å². The number of carbonyl (C=O) groups is 2. The third kappa shape index (κ3) is 13.0. The Hall–Kier alpha value is -1.62. The lowest BCUT2D eigenvalue weighted by atomic mass is 10.2. The summed E-state index contributed by atoms with van der Waals surface area (Å²) in [6.07, 6.45) is 2.25. The molecule has 0 rings (SSSR count). The van der Waals surface area contributed by atoms with Gasteiger partial charge in [-0.2, -0.15) is 0 Å². The summed E-state index contributed by atoms with van der Waals surface area (Å²) in [7, 11) is 0. The van der Waals surface area contributed by atoms with E-state index in [4.69, 9.17) is 10.8 Å². The van der Waals surface area contributed by atoms with Crippen molar-refractivity contribution in [1.29, 1.82) is 0 Å². The third-order valence-electron chi connectivity index (χ3n) is 1.19. The van der Waals surface area contributed by atoms with Crippen molar-refractivity contribution in [2.24, 2.45) is 11.5 Å². The van der Waals surface area contributed by atoms with Crippen molar-refractivity contribution in [2.75, 3.05) is 6.54 Å². The molecule has 0 spiro atoms. The summed E-state index contributed by atoms with van der Waals surface area (Å²) in [5.41, 5.74) is 9.91. The number of nitrogens with two attached hydrogens (primary N) is 2. The van der Waals surface area contributed by atoms with E-state index < -0.39 is 11.9 Å². The predicted molar refractivity (Wildman–Crippen MR) is 54.5 cm³/mol. The summed E-state index contributed by atoms with van der Waals surface area (Å²) in [6, 6.07) is 0. The van der Waals surface area contributed by atoms with Gasteiger partial charge in [0.25, 0.3) is 0 Å². The van der Waals surface area contributed by atoms with Crippen LogP contribution in [0.3, 0.4) is 0 Å². The Morgan fingerprint density at radius 1 is 1.43 bits per heavy atom. The molecule has 0 saturated carbocycles. The van der Waals surface area contributed by atoms with Crippen LogP contribution in [-0.2, 0) is 9.59 Å². The van der Waals surface area contributed by atoms with Crippen LogP contribution in [0.2, 0.25) is 0 Å². The zero-order valence-electron chi connectivity index (χ0n) is 8.03. The molecule has 0 radical (unpaired) electrons. The predicted octanol–water partition coefficient (Wildman–Crippen LogP) is 0.0238. The maximum Gasteiger partial charge on any atom is 0.330 e. The summed E-state index contributed by atoms with van der Waals surface area (Å²) >= 11 is 0. The summed E-state index contributed by atoms with van der Waals surface area (Å²) in [4.78, 5) is 19.5. The molecule has 0 unspecified atom stereocenters.